The van der Waals surface area contributed by atoms with Gasteiger partial charge < -0.3 is 38.1 Å². The predicted octanol–water partition coefficient (Wildman–Crippen LogP) is 6.24. The van der Waals surface area contributed by atoms with E-state index in [1.807, 2.05) is 6.92 Å². The summed E-state index contributed by atoms with van der Waals surface area (Å²) in [4.78, 5) is 56.4. The normalized spacial score (nSPS) is 18.9. The van der Waals surface area contributed by atoms with E-state index in [0.29, 0.717) is 5.57 Å². The Hall–Kier alpha value is -2.95. The van der Waals surface area contributed by atoms with Gasteiger partial charge in [-0.25, -0.2) is 14.4 Å². The van der Waals surface area contributed by atoms with Crippen molar-refractivity contribution in [2.45, 2.75) is 103 Å². The van der Waals surface area contributed by atoms with Crippen molar-refractivity contribution >= 4 is 40.7 Å². The Balaban J connectivity index is 2.29. The molecule has 272 valence electrons. The lowest BCUT2D eigenvalue weighted by Crippen LogP contribution is -2.63. The highest BCUT2D eigenvalue weighted by Crippen LogP contribution is 2.46. The highest BCUT2D eigenvalue weighted by Gasteiger charge is 2.58. The van der Waals surface area contributed by atoms with Gasteiger partial charge in [-0.3, -0.25) is 4.79 Å². The summed E-state index contributed by atoms with van der Waals surface area (Å²) in [5.41, 5.74) is 0.313. The fourth-order valence-electron chi connectivity index (χ4n) is 5.27. The van der Waals surface area contributed by atoms with Crippen LogP contribution in [0.5, 0.6) is 0 Å². The molecule has 2 aliphatic rings. The quantitative estimate of drug-likeness (QED) is 0.106. The third-order valence-corrected chi connectivity index (χ3v) is 19.2. The van der Waals surface area contributed by atoms with E-state index in [0.717, 1.165) is 0 Å². The lowest BCUT2D eigenvalue weighted by atomic mass is 9.83. The number of carboxylic acids is 1. The highest BCUT2D eigenvalue weighted by atomic mass is 28.4. The molecule has 0 spiro atoms. The number of amides is 3. The first kappa shape index (κ1) is 41.2. The van der Waals surface area contributed by atoms with E-state index in [1.165, 1.54) is 26.9 Å². The predicted molar refractivity (Wildman–Crippen MR) is 191 cm³/mol. The minimum atomic E-state index is -2.20. The Morgan fingerprint density at radius 1 is 0.917 bits per heavy atom. The van der Waals surface area contributed by atoms with E-state index in [1.54, 1.807) is 0 Å². The fourth-order valence-corrected chi connectivity index (χ4v) is 7.74. The highest BCUT2D eigenvalue weighted by molar-refractivity contribution is 6.74. The summed E-state index contributed by atoms with van der Waals surface area (Å²) in [5.74, 6) is -2.03. The summed E-state index contributed by atoms with van der Waals surface area (Å²) in [6.07, 6.45) is 1.50. The van der Waals surface area contributed by atoms with E-state index >= 15 is 0 Å². The van der Waals surface area contributed by atoms with Crippen molar-refractivity contribution in [2.75, 3.05) is 46.0 Å². The van der Waals surface area contributed by atoms with Crippen LogP contribution in [0.1, 0.15) is 54.9 Å². The Kier molecular flexibility index (Phi) is 13.9. The smallest absolute Gasteiger partial charge is 0.410 e. The summed E-state index contributed by atoms with van der Waals surface area (Å²) < 4.78 is 23.5. The Morgan fingerprint density at radius 2 is 1.42 bits per heavy atom. The van der Waals surface area contributed by atoms with Crippen molar-refractivity contribution in [2.24, 2.45) is 5.92 Å². The lowest BCUT2D eigenvalue weighted by molar-refractivity contribution is -0.160. The maximum atomic E-state index is 13.4. The van der Waals surface area contributed by atoms with Crippen molar-refractivity contribution in [3.63, 3.8) is 0 Å². The Labute approximate surface area is 289 Å². The zero-order chi connectivity index (χ0) is 36.8. The van der Waals surface area contributed by atoms with Crippen LogP contribution in [0.25, 0.3) is 0 Å². The van der Waals surface area contributed by atoms with Crippen LogP contribution in [0.3, 0.4) is 0 Å². The third-order valence-electron chi connectivity index (χ3n) is 10.1. The third kappa shape index (κ3) is 9.82. The van der Waals surface area contributed by atoms with E-state index < -0.39 is 46.8 Å². The number of hydrogen-bond donors (Lipinski definition) is 1. The molecular weight excluding hydrogens is 651 g/mol. The van der Waals surface area contributed by atoms with Crippen LogP contribution >= 0.6 is 0 Å². The lowest BCUT2D eigenvalue weighted by Gasteiger charge is -2.48. The van der Waals surface area contributed by atoms with Gasteiger partial charge in [0.15, 0.2) is 16.6 Å². The van der Waals surface area contributed by atoms with Crippen molar-refractivity contribution in [3.8, 4) is 0 Å². The van der Waals surface area contributed by atoms with E-state index in [9.17, 15) is 24.3 Å². The van der Waals surface area contributed by atoms with Crippen LogP contribution in [-0.2, 0) is 27.9 Å². The van der Waals surface area contributed by atoms with Crippen LogP contribution < -0.4 is 0 Å². The van der Waals surface area contributed by atoms with E-state index in [4.69, 9.17) is 18.3 Å². The largest absolute Gasteiger partial charge is 0.477 e. The summed E-state index contributed by atoms with van der Waals surface area (Å²) >= 11 is 0. The Bertz CT molecular complexity index is 1250. The number of aliphatic carboxylic acids is 1. The molecule has 1 saturated heterocycles. The molecule has 12 nitrogen and oxygen atoms in total. The van der Waals surface area contributed by atoms with E-state index in [-0.39, 0.29) is 80.1 Å². The van der Waals surface area contributed by atoms with Gasteiger partial charge in [-0.2, -0.15) is 0 Å². The van der Waals surface area contributed by atoms with Gasteiger partial charge in [0.2, 0.25) is 5.91 Å². The molecule has 0 radical (unpaired) electrons. The first-order chi connectivity index (χ1) is 22.0. The van der Waals surface area contributed by atoms with Gasteiger partial charge in [0.25, 0.3) is 0 Å². The molecule has 3 amide bonds. The monoisotopic (exact) mass is 709 g/mol. The van der Waals surface area contributed by atoms with E-state index in [2.05, 4.69) is 80.9 Å². The molecule has 48 heavy (non-hydrogen) atoms. The molecule has 1 N–H and O–H groups in total. The van der Waals surface area contributed by atoms with Gasteiger partial charge in [0, 0.05) is 26.2 Å². The van der Waals surface area contributed by atoms with Crippen LogP contribution in [-0.4, -0.2) is 119 Å². The second kappa shape index (κ2) is 16.2. The van der Waals surface area contributed by atoms with Gasteiger partial charge in [-0.1, -0.05) is 66.9 Å². The zero-order valence-electron chi connectivity index (χ0n) is 31.0. The molecule has 0 aliphatic carbocycles. The molecule has 2 heterocycles. The maximum absolute atomic E-state index is 13.4. The number of fused-ring (bicyclic) bond motifs is 1. The topological polar surface area (TPSA) is 135 Å². The fraction of sp³-hybridized carbons (Fsp3) is 0.706. The molecule has 1 fully saturated rings. The molecule has 0 saturated carbocycles. The molecule has 0 aromatic carbocycles. The van der Waals surface area contributed by atoms with Crippen LogP contribution in [0.15, 0.2) is 36.6 Å². The van der Waals surface area contributed by atoms with Crippen molar-refractivity contribution in [1.29, 1.82) is 0 Å². The first-order valence-electron chi connectivity index (χ1n) is 16.7. The molecule has 0 unspecified atom stereocenters. The average molecular weight is 710 g/mol. The molecule has 2 rings (SSSR count). The second-order valence-electron chi connectivity index (χ2n) is 15.6. The summed E-state index contributed by atoms with van der Waals surface area (Å²) in [6, 6.07) is -0.387. The van der Waals surface area contributed by atoms with Gasteiger partial charge in [0.05, 0.1) is 24.7 Å². The van der Waals surface area contributed by atoms with Gasteiger partial charge >= 0.3 is 18.2 Å². The molecule has 14 heteroatoms. The first-order valence-corrected chi connectivity index (χ1v) is 22.5. The number of rotatable bonds is 17. The molecule has 0 aromatic rings. The van der Waals surface area contributed by atoms with Crippen LogP contribution in [0.4, 0.5) is 9.59 Å². The van der Waals surface area contributed by atoms with Gasteiger partial charge in [-0.05, 0) is 55.2 Å². The average Bonchev–Trinajstić information content (AvgIpc) is 3.28. The summed E-state index contributed by atoms with van der Waals surface area (Å²) in [5, 5.41) is 10.1. The minimum Gasteiger partial charge on any atom is -0.477 e. The van der Waals surface area contributed by atoms with Crippen molar-refractivity contribution < 1.29 is 42.6 Å². The van der Waals surface area contributed by atoms with Gasteiger partial charge in [0.1, 0.15) is 18.9 Å². The number of carbonyl (C=O) groups is 4. The summed E-state index contributed by atoms with van der Waals surface area (Å²) in [6.45, 7) is 30.8. The SMILES string of the molecule is C=CCOC(=O)N(CCO[Si](C)(C)C(C)(C)C)CCN(CC1=C(C(=O)O)N2C(=O)[C@H]([C@@H](C)O[Si](C)(C)C(C)(C)C)[C@H]2C1)C(=O)OCC=C. The minimum absolute atomic E-state index is 0.0162. The number of carboxylic acid groups (broad SMARTS) is 1. The molecule has 2 aliphatic heterocycles. The number of nitrogens with zero attached hydrogens (tertiary/aromatic N) is 3. The second-order valence-corrected chi connectivity index (χ2v) is 25.2. The Morgan fingerprint density at radius 3 is 1.90 bits per heavy atom. The maximum Gasteiger partial charge on any atom is 0.410 e. The number of ether oxygens (including phenoxy) is 2. The molecule has 0 bridgehead atoms. The number of carbonyl (C=O) groups excluding carboxylic acids is 3. The van der Waals surface area contributed by atoms with Crippen molar-refractivity contribution in [1.82, 2.24) is 14.7 Å². The van der Waals surface area contributed by atoms with Crippen LogP contribution in [0, 0.1) is 5.92 Å². The van der Waals surface area contributed by atoms with Crippen LogP contribution in [0.2, 0.25) is 36.3 Å². The number of β-lactam (4-membered cyclic amide) rings is 1. The molecule has 3 atom stereocenters. The zero-order valence-corrected chi connectivity index (χ0v) is 33.0. The number of hydrogen-bond acceptors (Lipinski definition) is 8. The molecule has 0 aromatic heterocycles. The summed E-state index contributed by atoms with van der Waals surface area (Å²) in [7, 11) is -4.29. The molecular formula is C34H59N3O9Si2. The van der Waals surface area contributed by atoms with Crippen molar-refractivity contribution in [3.05, 3.63) is 36.6 Å². The van der Waals surface area contributed by atoms with Gasteiger partial charge in [-0.15, -0.1) is 0 Å². The standard InChI is InChI=1S/C34H59N3O9Si2/c1-14-19-43-31(41)35(18-21-45-47(10,11)33(4,5)6)16-17-36(32(42)44-20-15-2)23-25-22-26-27(29(38)37(26)28(25)30(39)40)24(3)46-48(12,13)34(7,8)9/h14-15,24,26-27H,1-2,16-23H2,3-13H3,(H,39,40)/t24-,26-,27-/m1/s1.